The maximum Gasteiger partial charge on any atom is 0.274 e. The van der Waals surface area contributed by atoms with Gasteiger partial charge in [0.2, 0.25) is 6.41 Å². The number of halogens is 1. The minimum atomic E-state index is -0.143. The van der Waals surface area contributed by atoms with Gasteiger partial charge >= 0.3 is 0 Å². The van der Waals surface area contributed by atoms with E-state index in [1.165, 1.54) is 4.90 Å². The van der Waals surface area contributed by atoms with Gasteiger partial charge in [-0.1, -0.05) is 49.3 Å². The average molecular weight is 423 g/mol. The predicted molar refractivity (Wildman–Crippen MR) is 116 cm³/mol. The molecule has 2 amide bonds. The molecule has 0 saturated heterocycles. The van der Waals surface area contributed by atoms with Crippen LogP contribution in [0.1, 0.15) is 42.7 Å². The van der Waals surface area contributed by atoms with Crippen LogP contribution in [0.5, 0.6) is 0 Å². The van der Waals surface area contributed by atoms with E-state index in [9.17, 15) is 9.59 Å². The van der Waals surface area contributed by atoms with Crippen molar-refractivity contribution in [2.45, 2.75) is 38.4 Å². The first-order valence-electron chi connectivity index (χ1n) is 9.34. The van der Waals surface area contributed by atoms with E-state index in [0.29, 0.717) is 36.0 Å². The first kappa shape index (κ1) is 22.3. The van der Waals surface area contributed by atoms with Crippen LogP contribution in [0.4, 0.5) is 5.82 Å². The normalized spacial score (nSPS) is 10.8. The molecule has 1 aromatic carbocycles. The monoisotopic (exact) mass is 422 g/mol. The summed E-state index contributed by atoms with van der Waals surface area (Å²) >= 11 is 7.59. The largest absolute Gasteiger partial charge is 0.340 e. The molecule has 1 heterocycles. The molecule has 0 spiro atoms. The molecule has 0 N–H and O–H groups in total. The fourth-order valence-corrected chi connectivity index (χ4v) is 3.74. The van der Waals surface area contributed by atoms with Gasteiger partial charge in [-0.05, 0) is 30.5 Å². The Morgan fingerprint density at radius 2 is 1.89 bits per heavy atom. The van der Waals surface area contributed by atoms with Gasteiger partial charge in [-0.3, -0.25) is 9.59 Å². The molecular weight excluding hydrogens is 396 g/mol. The standard InChI is InChI=1S/C20H27ClN4O2S/c1-5-11-23(3)19(27)17-18(24(4)14-26)22-20(28-12-6-2)25(17)13-15-7-9-16(21)10-8-15/h7-10,14H,5-6,11-13H2,1-4H3. The summed E-state index contributed by atoms with van der Waals surface area (Å²) in [6.07, 6.45) is 2.51. The van der Waals surface area contributed by atoms with Crippen molar-refractivity contribution in [3.05, 3.63) is 40.5 Å². The van der Waals surface area contributed by atoms with Crippen LogP contribution >= 0.6 is 23.4 Å². The number of imidazole rings is 1. The molecule has 0 aliphatic carbocycles. The van der Waals surface area contributed by atoms with Crippen molar-refractivity contribution in [1.82, 2.24) is 14.5 Å². The van der Waals surface area contributed by atoms with Gasteiger partial charge in [-0.2, -0.15) is 0 Å². The van der Waals surface area contributed by atoms with Crippen molar-refractivity contribution in [3.63, 3.8) is 0 Å². The zero-order chi connectivity index (χ0) is 20.7. The van der Waals surface area contributed by atoms with Crippen LogP contribution in [-0.4, -0.2) is 53.2 Å². The number of carbonyl (C=O) groups excluding carboxylic acids is 2. The summed E-state index contributed by atoms with van der Waals surface area (Å²) in [4.78, 5) is 32.3. The third-order valence-corrected chi connectivity index (χ3v) is 5.64. The van der Waals surface area contributed by atoms with Crippen molar-refractivity contribution in [3.8, 4) is 0 Å². The Bertz CT molecular complexity index is 807. The lowest BCUT2D eigenvalue weighted by atomic mass is 10.2. The maximum absolute atomic E-state index is 13.2. The van der Waals surface area contributed by atoms with Gasteiger partial charge in [0.15, 0.2) is 16.7 Å². The van der Waals surface area contributed by atoms with Gasteiger partial charge in [-0.15, -0.1) is 0 Å². The van der Waals surface area contributed by atoms with Crippen molar-refractivity contribution in [2.75, 3.05) is 31.3 Å². The SMILES string of the molecule is CCCSc1nc(N(C)C=O)c(C(=O)N(C)CCC)n1Cc1ccc(Cl)cc1. The van der Waals surface area contributed by atoms with Gasteiger partial charge in [0, 0.05) is 31.4 Å². The Labute approximate surface area is 175 Å². The van der Waals surface area contributed by atoms with Crippen molar-refractivity contribution in [1.29, 1.82) is 0 Å². The Hall–Kier alpha value is -1.99. The van der Waals surface area contributed by atoms with Gasteiger partial charge in [-0.25, -0.2) is 4.98 Å². The number of carbonyl (C=O) groups is 2. The average Bonchev–Trinajstić information content (AvgIpc) is 3.05. The predicted octanol–water partition coefficient (Wildman–Crippen LogP) is 4.16. The molecule has 0 fully saturated rings. The number of rotatable bonds is 10. The number of amides is 2. The molecule has 0 aliphatic rings. The fourth-order valence-electron chi connectivity index (χ4n) is 2.77. The summed E-state index contributed by atoms with van der Waals surface area (Å²) in [5.41, 5.74) is 1.44. The smallest absolute Gasteiger partial charge is 0.274 e. The minimum absolute atomic E-state index is 0.143. The zero-order valence-corrected chi connectivity index (χ0v) is 18.4. The number of hydrogen-bond donors (Lipinski definition) is 0. The molecule has 28 heavy (non-hydrogen) atoms. The molecule has 0 radical (unpaired) electrons. The molecule has 0 atom stereocenters. The molecule has 6 nitrogen and oxygen atoms in total. The molecule has 2 aromatic rings. The number of hydrogen-bond acceptors (Lipinski definition) is 4. The van der Waals surface area contributed by atoms with E-state index in [1.54, 1.807) is 30.8 Å². The van der Waals surface area contributed by atoms with Crippen LogP contribution in [0, 0.1) is 0 Å². The van der Waals surface area contributed by atoms with Crippen LogP contribution in [-0.2, 0) is 11.3 Å². The molecule has 152 valence electrons. The molecule has 0 aliphatic heterocycles. The van der Waals surface area contributed by atoms with Crippen molar-refractivity contribution < 1.29 is 9.59 Å². The van der Waals surface area contributed by atoms with Crippen LogP contribution in [0.15, 0.2) is 29.4 Å². The van der Waals surface area contributed by atoms with E-state index in [-0.39, 0.29) is 5.91 Å². The summed E-state index contributed by atoms with van der Waals surface area (Å²) in [5.74, 6) is 1.12. The molecule has 0 unspecified atom stereocenters. The lowest BCUT2D eigenvalue weighted by Crippen LogP contribution is -2.31. The van der Waals surface area contributed by atoms with E-state index < -0.39 is 0 Å². The molecule has 1 aromatic heterocycles. The Balaban J connectivity index is 2.58. The summed E-state index contributed by atoms with van der Waals surface area (Å²) in [6.45, 7) is 5.23. The summed E-state index contributed by atoms with van der Waals surface area (Å²) in [7, 11) is 3.39. The highest BCUT2D eigenvalue weighted by Gasteiger charge is 2.27. The third kappa shape index (κ3) is 5.29. The minimum Gasteiger partial charge on any atom is -0.340 e. The summed E-state index contributed by atoms with van der Waals surface area (Å²) in [6, 6.07) is 7.53. The fraction of sp³-hybridized carbons (Fsp3) is 0.450. The molecular formula is C20H27ClN4O2S. The summed E-state index contributed by atoms with van der Waals surface area (Å²) < 4.78 is 1.91. The van der Waals surface area contributed by atoms with Crippen LogP contribution in [0.2, 0.25) is 5.02 Å². The number of benzene rings is 1. The molecule has 2 rings (SSSR count). The Morgan fingerprint density at radius 3 is 2.46 bits per heavy atom. The van der Waals surface area contributed by atoms with Gasteiger partial charge in [0.05, 0.1) is 6.54 Å². The van der Waals surface area contributed by atoms with Crippen molar-refractivity contribution in [2.24, 2.45) is 0 Å². The lowest BCUT2D eigenvalue weighted by molar-refractivity contribution is -0.107. The second-order valence-electron chi connectivity index (χ2n) is 6.57. The van der Waals surface area contributed by atoms with Crippen LogP contribution < -0.4 is 4.90 Å². The zero-order valence-electron chi connectivity index (χ0n) is 16.8. The second-order valence-corrected chi connectivity index (χ2v) is 8.07. The first-order chi connectivity index (χ1) is 13.4. The highest BCUT2D eigenvalue weighted by atomic mass is 35.5. The van der Waals surface area contributed by atoms with Crippen molar-refractivity contribution >= 4 is 41.5 Å². The summed E-state index contributed by atoms with van der Waals surface area (Å²) in [5, 5.41) is 1.39. The van der Waals surface area contributed by atoms with E-state index in [0.717, 1.165) is 29.3 Å². The molecule has 8 heteroatoms. The second kappa shape index (κ2) is 10.5. The lowest BCUT2D eigenvalue weighted by Gasteiger charge is -2.20. The van der Waals surface area contributed by atoms with Crippen LogP contribution in [0.3, 0.4) is 0 Å². The number of aromatic nitrogens is 2. The van der Waals surface area contributed by atoms with E-state index in [4.69, 9.17) is 11.6 Å². The topological polar surface area (TPSA) is 58.4 Å². The highest BCUT2D eigenvalue weighted by molar-refractivity contribution is 7.99. The Morgan fingerprint density at radius 1 is 1.21 bits per heavy atom. The van der Waals surface area contributed by atoms with E-state index in [2.05, 4.69) is 11.9 Å². The van der Waals surface area contributed by atoms with Gasteiger partial charge < -0.3 is 14.4 Å². The highest BCUT2D eigenvalue weighted by Crippen LogP contribution is 2.29. The maximum atomic E-state index is 13.2. The number of thioether (sulfide) groups is 1. The third-order valence-electron chi connectivity index (χ3n) is 4.20. The van der Waals surface area contributed by atoms with Gasteiger partial charge in [0.1, 0.15) is 0 Å². The molecule has 0 saturated carbocycles. The Kier molecular flexibility index (Phi) is 8.38. The number of nitrogens with zero attached hydrogens (tertiary/aromatic N) is 4. The van der Waals surface area contributed by atoms with Crippen LogP contribution in [0.25, 0.3) is 0 Å². The van der Waals surface area contributed by atoms with Gasteiger partial charge in [0.25, 0.3) is 5.91 Å². The first-order valence-corrected chi connectivity index (χ1v) is 10.7. The molecule has 0 bridgehead atoms. The quantitative estimate of drug-likeness (QED) is 0.426. The van der Waals surface area contributed by atoms with E-state index in [1.807, 2.05) is 35.8 Å². The number of anilines is 1. The van der Waals surface area contributed by atoms with E-state index >= 15 is 0 Å².